The lowest BCUT2D eigenvalue weighted by atomic mass is 9.67. The predicted octanol–water partition coefficient (Wildman–Crippen LogP) is 4.89. The number of anilines is 1. The zero-order valence-electron chi connectivity index (χ0n) is 20.7. The van der Waals surface area contributed by atoms with Gasteiger partial charge in [-0.2, -0.15) is 18.3 Å². The number of carbonyl (C=O) groups is 2. The second-order valence-corrected chi connectivity index (χ2v) is 10.2. The third-order valence-electron chi connectivity index (χ3n) is 6.61. The third kappa shape index (κ3) is 4.67. The molecule has 2 unspecified atom stereocenters. The van der Waals surface area contributed by atoms with Crippen molar-refractivity contribution in [2.75, 3.05) is 19.0 Å². The van der Waals surface area contributed by atoms with Gasteiger partial charge < -0.3 is 19.7 Å². The Morgan fingerprint density at radius 1 is 1.14 bits per heavy atom. The summed E-state index contributed by atoms with van der Waals surface area (Å²) < 4.78 is 51.7. The molecule has 1 aliphatic heterocycles. The van der Waals surface area contributed by atoms with Gasteiger partial charge >= 0.3 is 12.3 Å². The van der Waals surface area contributed by atoms with Gasteiger partial charge in [-0.1, -0.05) is 6.07 Å². The number of nitrogens with zero attached hydrogens (tertiary/aromatic N) is 4. The maximum atomic E-state index is 13.0. The Hall–Kier alpha value is -3.83. The van der Waals surface area contributed by atoms with Gasteiger partial charge in [0.15, 0.2) is 0 Å². The molecule has 2 amide bonds. The second kappa shape index (κ2) is 8.63. The minimum absolute atomic E-state index is 0.120. The number of pyridine rings is 1. The molecule has 2 aromatic heterocycles. The van der Waals surface area contributed by atoms with Gasteiger partial charge in [0.1, 0.15) is 22.7 Å². The summed E-state index contributed by atoms with van der Waals surface area (Å²) in [6.07, 6.45) is -2.37. The number of hydrogen-bond donors (Lipinski definition) is 1. The second-order valence-electron chi connectivity index (χ2n) is 10.2. The summed E-state index contributed by atoms with van der Waals surface area (Å²) in [5.74, 6) is -0.214. The number of benzene rings is 1. The van der Waals surface area contributed by atoms with Crippen LogP contribution < -0.4 is 10.1 Å². The Balaban J connectivity index is 1.31. The highest BCUT2D eigenvalue weighted by Crippen LogP contribution is 2.50. The fourth-order valence-corrected chi connectivity index (χ4v) is 4.73. The Labute approximate surface area is 210 Å². The Kier molecular flexibility index (Phi) is 5.80. The van der Waals surface area contributed by atoms with Gasteiger partial charge in [0.25, 0.3) is 5.91 Å². The van der Waals surface area contributed by atoms with E-state index in [1.54, 1.807) is 17.0 Å². The summed E-state index contributed by atoms with van der Waals surface area (Å²) in [5.41, 5.74) is -1.14. The average molecular weight is 518 g/mol. The van der Waals surface area contributed by atoms with E-state index in [2.05, 4.69) is 15.4 Å². The van der Waals surface area contributed by atoms with Crippen molar-refractivity contribution in [2.45, 2.75) is 51.1 Å². The van der Waals surface area contributed by atoms with E-state index in [9.17, 15) is 22.8 Å². The van der Waals surface area contributed by atoms with Gasteiger partial charge in [0, 0.05) is 36.2 Å². The van der Waals surface area contributed by atoms with Gasteiger partial charge in [-0.05, 0) is 45.4 Å². The van der Waals surface area contributed by atoms with Crippen LogP contribution in [0.15, 0.2) is 36.5 Å². The maximum absolute atomic E-state index is 13.0. The molecule has 37 heavy (non-hydrogen) atoms. The highest BCUT2D eigenvalue weighted by atomic mass is 19.4. The van der Waals surface area contributed by atoms with Crippen LogP contribution in [0.4, 0.5) is 23.7 Å². The van der Waals surface area contributed by atoms with Crippen LogP contribution in [0.1, 0.15) is 49.4 Å². The minimum atomic E-state index is -4.66. The van der Waals surface area contributed by atoms with Gasteiger partial charge in [-0.15, -0.1) is 0 Å². The van der Waals surface area contributed by atoms with E-state index in [0.29, 0.717) is 17.8 Å². The summed E-state index contributed by atoms with van der Waals surface area (Å²) in [5, 5.41) is 7.97. The first-order valence-corrected chi connectivity index (χ1v) is 11.8. The summed E-state index contributed by atoms with van der Waals surface area (Å²) >= 11 is 0. The van der Waals surface area contributed by atoms with Gasteiger partial charge in [-0.25, -0.2) is 9.78 Å². The lowest BCUT2D eigenvalue weighted by Gasteiger charge is -2.59. The molecule has 3 atom stereocenters. The van der Waals surface area contributed by atoms with Crippen LogP contribution in [-0.4, -0.2) is 57.0 Å². The molecule has 2 fully saturated rings. The number of alkyl halides is 3. The van der Waals surface area contributed by atoms with Crippen LogP contribution in [-0.2, 0) is 10.9 Å². The molecular formula is C25H26F3N5O4. The van der Waals surface area contributed by atoms with Crippen molar-refractivity contribution in [1.82, 2.24) is 19.7 Å². The van der Waals surface area contributed by atoms with Crippen molar-refractivity contribution < 1.29 is 32.2 Å². The van der Waals surface area contributed by atoms with Crippen molar-refractivity contribution in [3.8, 4) is 5.75 Å². The number of aromatic nitrogens is 3. The van der Waals surface area contributed by atoms with Crippen molar-refractivity contribution in [3.05, 3.63) is 47.9 Å². The smallest absolute Gasteiger partial charge is 0.433 e. The lowest BCUT2D eigenvalue weighted by molar-refractivity contribution is -0.141. The SMILES string of the molecule is COc1cc2nn([C@@H]3CC4C3CN4C(=O)OC(C)(C)C)cc2cc1NC(=O)c1cccc(C(F)(F)F)n1. The van der Waals surface area contributed by atoms with E-state index >= 15 is 0 Å². The van der Waals surface area contributed by atoms with E-state index < -0.39 is 23.4 Å². The number of hydrogen-bond acceptors (Lipinski definition) is 6. The monoisotopic (exact) mass is 517 g/mol. The Morgan fingerprint density at radius 2 is 1.89 bits per heavy atom. The zero-order valence-corrected chi connectivity index (χ0v) is 20.7. The topological polar surface area (TPSA) is 98.6 Å². The summed E-state index contributed by atoms with van der Waals surface area (Å²) in [7, 11) is 1.42. The first-order valence-electron chi connectivity index (χ1n) is 11.8. The Morgan fingerprint density at radius 3 is 2.51 bits per heavy atom. The van der Waals surface area contributed by atoms with Crippen LogP contribution in [0.2, 0.25) is 0 Å². The number of carbonyl (C=O) groups excluding carboxylic acids is 2. The molecule has 0 spiro atoms. The van der Waals surface area contributed by atoms with Crippen molar-refractivity contribution in [1.29, 1.82) is 0 Å². The number of methoxy groups -OCH3 is 1. The number of amides is 2. The number of ether oxygens (including phenoxy) is 2. The number of piperidine rings is 1. The molecule has 1 saturated heterocycles. The van der Waals surface area contributed by atoms with E-state index in [4.69, 9.17) is 9.47 Å². The fraction of sp³-hybridized carbons (Fsp3) is 0.440. The van der Waals surface area contributed by atoms with Crippen LogP contribution in [0.3, 0.4) is 0 Å². The number of halogens is 3. The quantitative estimate of drug-likeness (QED) is 0.529. The van der Waals surface area contributed by atoms with Crippen LogP contribution in [0.25, 0.3) is 10.9 Å². The highest BCUT2D eigenvalue weighted by molar-refractivity contribution is 6.05. The summed E-state index contributed by atoms with van der Waals surface area (Å²) in [4.78, 5) is 30.2. The van der Waals surface area contributed by atoms with Crippen LogP contribution in [0, 0.1) is 5.92 Å². The van der Waals surface area contributed by atoms with Crippen LogP contribution >= 0.6 is 0 Å². The summed E-state index contributed by atoms with van der Waals surface area (Å²) in [6.45, 7) is 6.10. The number of nitrogens with one attached hydrogen (secondary N) is 1. The minimum Gasteiger partial charge on any atom is -0.494 e. The fourth-order valence-electron chi connectivity index (χ4n) is 4.73. The average Bonchev–Trinajstić information content (AvgIpc) is 3.20. The molecule has 1 aromatic carbocycles. The van der Waals surface area contributed by atoms with E-state index in [1.165, 1.54) is 13.2 Å². The van der Waals surface area contributed by atoms with E-state index in [1.807, 2.05) is 31.6 Å². The molecule has 1 saturated carbocycles. The molecule has 5 rings (SSSR count). The number of rotatable bonds is 4. The molecule has 1 aliphatic carbocycles. The van der Waals surface area contributed by atoms with Gasteiger partial charge in [-0.3, -0.25) is 9.48 Å². The molecular weight excluding hydrogens is 491 g/mol. The third-order valence-corrected chi connectivity index (χ3v) is 6.61. The number of fused-ring (bicyclic) bond motifs is 2. The lowest BCUT2D eigenvalue weighted by Crippen LogP contribution is -2.68. The van der Waals surface area contributed by atoms with Crippen molar-refractivity contribution >= 4 is 28.6 Å². The molecule has 196 valence electrons. The molecule has 3 aromatic rings. The van der Waals surface area contributed by atoms with E-state index in [-0.39, 0.29) is 35.5 Å². The normalized spacial score (nSPS) is 21.1. The van der Waals surface area contributed by atoms with Crippen molar-refractivity contribution in [3.63, 3.8) is 0 Å². The maximum Gasteiger partial charge on any atom is 0.433 e. The van der Waals surface area contributed by atoms with E-state index in [0.717, 1.165) is 23.9 Å². The number of likely N-dealkylation sites (tertiary alicyclic amines) is 1. The highest BCUT2D eigenvalue weighted by Gasteiger charge is 2.56. The van der Waals surface area contributed by atoms with Crippen LogP contribution in [0.5, 0.6) is 5.75 Å². The standard InChI is InChI=1S/C25H26F3N5O4/c1-24(2,3)37-23(35)32-12-14-18(32)10-19(14)33-11-13-8-17(20(36-4)9-16(13)31-33)30-22(34)15-6-5-7-21(29-15)25(26,27)28/h5-9,11,14,18-19H,10,12H2,1-4H3,(H,30,34)/t14?,18?,19-/m1/s1. The predicted molar refractivity (Wildman–Crippen MR) is 127 cm³/mol. The molecule has 2 aliphatic rings. The molecule has 0 bridgehead atoms. The molecule has 12 heteroatoms. The Bertz CT molecular complexity index is 1380. The molecule has 3 heterocycles. The first-order chi connectivity index (χ1) is 17.3. The summed E-state index contributed by atoms with van der Waals surface area (Å²) in [6, 6.07) is 6.70. The zero-order chi connectivity index (χ0) is 26.7. The largest absolute Gasteiger partial charge is 0.494 e. The molecule has 0 radical (unpaired) electrons. The molecule has 9 nitrogen and oxygen atoms in total. The van der Waals surface area contributed by atoms with Crippen molar-refractivity contribution in [2.24, 2.45) is 5.92 Å². The molecule has 1 N–H and O–H groups in total. The van der Waals surface area contributed by atoms with Gasteiger partial charge in [0.2, 0.25) is 0 Å². The van der Waals surface area contributed by atoms with Gasteiger partial charge in [0.05, 0.1) is 24.4 Å². The first kappa shape index (κ1) is 24.8.